The van der Waals surface area contributed by atoms with Crippen molar-refractivity contribution in [3.05, 3.63) is 0 Å². The molecule has 0 fully saturated rings. The molecule has 0 atom stereocenters. The topological polar surface area (TPSA) is 12.2 Å². The maximum Gasteiger partial charge on any atom is 0.246 e. The van der Waals surface area contributed by atoms with E-state index in [2.05, 4.69) is 20.6 Å². The van der Waals surface area contributed by atoms with E-state index in [0.717, 1.165) is 6.61 Å². The molecule has 0 saturated heterocycles. The van der Waals surface area contributed by atoms with Crippen molar-refractivity contribution in [2.45, 2.75) is 26.8 Å². The molecular weight excluding hydrogens is 150 g/mol. The Labute approximate surface area is 69.3 Å². The van der Waals surface area contributed by atoms with E-state index in [9.17, 15) is 0 Å². The molecular formula is C7H16ClNO. The fourth-order valence-corrected chi connectivity index (χ4v) is 0.358. The summed E-state index contributed by atoms with van der Waals surface area (Å²) in [6.45, 7) is 11.3. The number of hydrogen-bond acceptors (Lipinski definition) is 1. The van der Waals surface area contributed by atoms with Gasteiger partial charge in [0.1, 0.15) is 12.8 Å². The average Bonchev–Trinajstić information content (AvgIpc) is 1.82. The lowest BCUT2D eigenvalue weighted by atomic mass is 10.4. The minimum Gasteiger partial charge on any atom is -1.00 e. The predicted molar refractivity (Wildman–Crippen MR) is 39.0 cm³/mol. The zero-order valence-electron chi connectivity index (χ0n) is 6.93. The van der Waals surface area contributed by atoms with Gasteiger partial charge in [0.25, 0.3) is 0 Å². The standard InChI is InChI=1S/C7H16NO.ClH/c1-5-9-6-8(4)7(2)3;/h7H,4-6H2,1-3H3;1H/q+1;/p-1. The summed E-state index contributed by atoms with van der Waals surface area (Å²) >= 11 is 0. The summed E-state index contributed by atoms with van der Waals surface area (Å²) in [4.78, 5) is 0. The Morgan fingerprint density at radius 3 is 2.30 bits per heavy atom. The maximum absolute atomic E-state index is 5.12. The van der Waals surface area contributed by atoms with Gasteiger partial charge in [0.15, 0.2) is 0 Å². The van der Waals surface area contributed by atoms with E-state index in [1.54, 1.807) is 0 Å². The highest BCUT2D eigenvalue weighted by atomic mass is 35.5. The third-order valence-electron chi connectivity index (χ3n) is 1.19. The minimum atomic E-state index is 0. The van der Waals surface area contributed by atoms with Crippen LogP contribution in [0.2, 0.25) is 0 Å². The van der Waals surface area contributed by atoms with E-state index >= 15 is 0 Å². The molecule has 0 spiro atoms. The van der Waals surface area contributed by atoms with Crippen molar-refractivity contribution in [1.82, 2.24) is 0 Å². The number of rotatable bonds is 4. The van der Waals surface area contributed by atoms with Gasteiger partial charge in [0.2, 0.25) is 6.73 Å². The molecule has 0 amide bonds. The molecule has 0 aromatic carbocycles. The molecule has 3 heteroatoms. The molecule has 2 nitrogen and oxygen atoms in total. The molecule has 10 heavy (non-hydrogen) atoms. The van der Waals surface area contributed by atoms with Gasteiger partial charge in [0.05, 0.1) is 6.61 Å². The Bertz CT molecular complexity index is 93.6. The van der Waals surface area contributed by atoms with E-state index in [-0.39, 0.29) is 12.4 Å². The number of hydrogen-bond donors (Lipinski definition) is 0. The lowest BCUT2D eigenvalue weighted by molar-refractivity contribution is -0.588. The lowest BCUT2D eigenvalue weighted by Crippen LogP contribution is -3.00. The normalized spacial score (nSPS) is 9.20. The number of halogens is 1. The van der Waals surface area contributed by atoms with E-state index in [0.29, 0.717) is 12.8 Å². The average molecular weight is 166 g/mol. The fourth-order valence-electron chi connectivity index (χ4n) is 0.358. The number of nitrogens with zero attached hydrogens (tertiary/aromatic N) is 1. The largest absolute Gasteiger partial charge is 1.00 e. The lowest BCUT2D eigenvalue weighted by Gasteiger charge is -2.03. The van der Waals surface area contributed by atoms with Crippen LogP contribution in [0.25, 0.3) is 0 Å². The van der Waals surface area contributed by atoms with E-state index in [1.165, 1.54) is 0 Å². The summed E-state index contributed by atoms with van der Waals surface area (Å²) in [6.07, 6.45) is 0. The summed E-state index contributed by atoms with van der Waals surface area (Å²) in [7, 11) is 0. The molecule has 0 rings (SSSR count). The highest BCUT2D eigenvalue weighted by Gasteiger charge is 2.03. The van der Waals surface area contributed by atoms with Crippen molar-refractivity contribution in [1.29, 1.82) is 0 Å². The van der Waals surface area contributed by atoms with Gasteiger partial charge in [-0.1, -0.05) is 0 Å². The smallest absolute Gasteiger partial charge is 0.246 e. The first-order valence-corrected chi connectivity index (χ1v) is 3.33. The van der Waals surface area contributed by atoms with Gasteiger partial charge in [-0.2, -0.15) is 0 Å². The van der Waals surface area contributed by atoms with Gasteiger partial charge in [-0.05, 0) is 20.8 Å². The van der Waals surface area contributed by atoms with Crippen LogP contribution >= 0.6 is 0 Å². The van der Waals surface area contributed by atoms with Crippen LogP contribution in [0, 0.1) is 0 Å². The van der Waals surface area contributed by atoms with Gasteiger partial charge < -0.3 is 17.1 Å². The third-order valence-corrected chi connectivity index (χ3v) is 1.19. The molecule has 0 aromatic heterocycles. The van der Waals surface area contributed by atoms with E-state index in [1.807, 2.05) is 11.5 Å². The zero-order valence-corrected chi connectivity index (χ0v) is 7.69. The zero-order chi connectivity index (χ0) is 7.28. The first-order chi connectivity index (χ1) is 4.18. The predicted octanol–water partition coefficient (Wildman–Crippen LogP) is -1.89. The second-order valence-electron chi connectivity index (χ2n) is 2.30. The monoisotopic (exact) mass is 165 g/mol. The van der Waals surface area contributed by atoms with Gasteiger partial charge in [-0.25, -0.2) is 4.58 Å². The molecule has 0 bridgehead atoms. The van der Waals surface area contributed by atoms with Crippen LogP contribution in [0.5, 0.6) is 0 Å². The second kappa shape index (κ2) is 7.03. The number of ether oxygens (including phenoxy) is 1. The van der Waals surface area contributed by atoms with Gasteiger partial charge in [-0.15, -0.1) is 0 Å². The van der Waals surface area contributed by atoms with Crippen LogP contribution in [-0.2, 0) is 4.74 Å². The quantitative estimate of drug-likeness (QED) is 0.270. The van der Waals surface area contributed by atoms with Crippen molar-refractivity contribution >= 4 is 6.72 Å². The van der Waals surface area contributed by atoms with Crippen LogP contribution in [0.3, 0.4) is 0 Å². The first kappa shape index (κ1) is 12.6. The van der Waals surface area contributed by atoms with E-state index < -0.39 is 0 Å². The molecule has 0 N–H and O–H groups in total. The fraction of sp³-hybridized carbons (Fsp3) is 0.857. The van der Waals surface area contributed by atoms with Crippen LogP contribution < -0.4 is 12.4 Å². The van der Waals surface area contributed by atoms with Gasteiger partial charge >= 0.3 is 0 Å². The van der Waals surface area contributed by atoms with Crippen LogP contribution in [0.4, 0.5) is 0 Å². The molecule has 62 valence electrons. The molecule has 0 saturated carbocycles. The first-order valence-electron chi connectivity index (χ1n) is 3.33. The van der Waals surface area contributed by atoms with Gasteiger partial charge in [-0.3, -0.25) is 0 Å². The molecule has 0 aliphatic rings. The third kappa shape index (κ3) is 6.05. The molecule has 0 aromatic rings. The Balaban J connectivity index is 0. The summed E-state index contributed by atoms with van der Waals surface area (Å²) < 4.78 is 7.03. The van der Waals surface area contributed by atoms with Crippen molar-refractivity contribution < 1.29 is 21.7 Å². The Morgan fingerprint density at radius 1 is 1.50 bits per heavy atom. The summed E-state index contributed by atoms with van der Waals surface area (Å²) in [5.41, 5.74) is 0. The Morgan fingerprint density at radius 2 is 2.00 bits per heavy atom. The maximum atomic E-state index is 5.12. The molecule has 0 aliphatic carbocycles. The van der Waals surface area contributed by atoms with Crippen molar-refractivity contribution in [2.75, 3.05) is 13.3 Å². The van der Waals surface area contributed by atoms with Crippen LogP contribution in [0.15, 0.2) is 0 Å². The highest BCUT2D eigenvalue weighted by molar-refractivity contribution is 5.14. The Kier molecular flexibility index (Phi) is 8.85. The van der Waals surface area contributed by atoms with Gasteiger partial charge in [0, 0.05) is 0 Å². The van der Waals surface area contributed by atoms with Crippen molar-refractivity contribution in [3.63, 3.8) is 0 Å². The summed E-state index contributed by atoms with van der Waals surface area (Å²) in [5.74, 6) is 0. The van der Waals surface area contributed by atoms with Crippen LogP contribution in [0.1, 0.15) is 20.8 Å². The molecule has 0 heterocycles. The Hall–Kier alpha value is -0.0800. The molecule has 0 radical (unpaired) electrons. The van der Waals surface area contributed by atoms with Crippen molar-refractivity contribution in [3.8, 4) is 0 Å². The highest BCUT2D eigenvalue weighted by Crippen LogP contribution is 1.85. The molecule has 0 aliphatic heterocycles. The van der Waals surface area contributed by atoms with Crippen molar-refractivity contribution in [2.24, 2.45) is 0 Å². The SMILES string of the molecule is C=[N+](COCC)C(C)C.[Cl-]. The second-order valence-corrected chi connectivity index (χ2v) is 2.30. The summed E-state index contributed by atoms with van der Waals surface area (Å²) in [5, 5.41) is 0. The van der Waals surface area contributed by atoms with E-state index in [4.69, 9.17) is 4.74 Å². The minimum absolute atomic E-state index is 0. The van der Waals surface area contributed by atoms with Crippen LogP contribution in [-0.4, -0.2) is 30.7 Å². The summed E-state index contributed by atoms with van der Waals surface area (Å²) in [6, 6.07) is 0.469. The molecule has 0 unspecified atom stereocenters.